The first-order chi connectivity index (χ1) is 12.0. The van der Waals surface area contributed by atoms with Crippen LogP contribution < -0.4 is 11.0 Å². The number of H-pyrrole nitrogens is 1. The second kappa shape index (κ2) is 5.97. The number of hydrogen-bond donors (Lipinski definition) is 2. The van der Waals surface area contributed by atoms with Crippen molar-refractivity contribution in [2.24, 2.45) is 5.92 Å². The van der Waals surface area contributed by atoms with Crippen molar-refractivity contribution in [3.8, 4) is 0 Å². The van der Waals surface area contributed by atoms with Crippen LogP contribution in [0.25, 0.3) is 10.9 Å². The quantitative estimate of drug-likeness (QED) is 0.712. The highest BCUT2D eigenvalue weighted by Gasteiger charge is 2.44. The fourth-order valence-corrected chi connectivity index (χ4v) is 3.36. The number of para-hydroxylation sites is 1. The second-order valence-electron chi connectivity index (χ2n) is 6.45. The molecule has 0 aliphatic heterocycles. The van der Waals surface area contributed by atoms with Gasteiger partial charge in [-0.25, -0.2) is 0 Å². The van der Waals surface area contributed by atoms with Gasteiger partial charge in [0.1, 0.15) is 0 Å². The zero-order valence-electron chi connectivity index (χ0n) is 13.7. The predicted molar refractivity (Wildman–Crippen MR) is 99.8 cm³/mol. The number of benzene rings is 2. The van der Waals surface area contributed by atoms with Gasteiger partial charge in [0.25, 0.3) is 5.56 Å². The summed E-state index contributed by atoms with van der Waals surface area (Å²) in [6, 6.07) is 15.3. The van der Waals surface area contributed by atoms with Crippen molar-refractivity contribution in [3.63, 3.8) is 0 Å². The molecule has 0 unspecified atom stereocenters. The SMILES string of the molecule is Cc1ccc([C@H]2C[C@@H]2C(=O)Nn2c(=S)[nH]c3ccccc3c2=O)cc1. The highest BCUT2D eigenvalue weighted by atomic mass is 32.1. The molecule has 126 valence electrons. The van der Waals surface area contributed by atoms with Crippen molar-refractivity contribution >= 4 is 29.0 Å². The van der Waals surface area contributed by atoms with E-state index in [0.717, 1.165) is 16.7 Å². The Bertz CT molecular complexity index is 1080. The molecule has 2 N–H and O–H groups in total. The van der Waals surface area contributed by atoms with Gasteiger partial charge in [0.15, 0.2) is 4.77 Å². The summed E-state index contributed by atoms with van der Waals surface area (Å²) in [6.45, 7) is 2.04. The third-order valence-electron chi connectivity index (χ3n) is 4.66. The number of carbonyl (C=O) groups is 1. The van der Waals surface area contributed by atoms with Crippen LogP contribution in [0.2, 0.25) is 0 Å². The van der Waals surface area contributed by atoms with Gasteiger partial charge in [-0.05, 0) is 49.2 Å². The van der Waals surface area contributed by atoms with E-state index in [4.69, 9.17) is 12.2 Å². The van der Waals surface area contributed by atoms with Crippen molar-refractivity contribution in [1.82, 2.24) is 9.66 Å². The molecule has 1 saturated carbocycles. The van der Waals surface area contributed by atoms with Gasteiger partial charge in [0.2, 0.25) is 5.91 Å². The highest BCUT2D eigenvalue weighted by molar-refractivity contribution is 7.71. The van der Waals surface area contributed by atoms with Crippen LogP contribution in [0.5, 0.6) is 0 Å². The summed E-state index contributed by atoms with van der Waals surface area (Å²) in [4.78, 5) is 28.1. The molecule has 1 heterocycles. The van der Waals surface area contributed by atoms with Crippen LogP contribution in [0.15, 0.2) is 53.3 Å². The van der Waals surface area contributed by atoms with Crippen molar-refractivity contribution < 1.29 is 4.79 Å². The molecule has 1 aromatic heterocycles. The average molecular weight is 351 g/mol. The number of amides is 1. The molecule has 25 heavy (non-hydrogen) atoms. The lowest BCUT2D eigenvalue weighted by Crippen LogP contribution is -2.35. The maximum Gasteiger partial charge on any atom is 0.281 e. The molecule has 0 radical (unpaired) electrons. The van der Waals surface area contributed by atoms with Crippen LogP contribution in [0.3, 0.4) is 0 Å². The molecule has 1 fully saturated rings. The minimum absolute atomic E-state index is 0.129. The third kappa shape index (κ3) is 2.89. The third-order valence-corrected chi connectivity index (χ3v) is 4.94. The molecule has 1 aliphatic rings. The van der Waals surface area contributed by atoms with Crippen molar-refractivity contribution in [2.45, 2.75) is 19.3 Å². The molecule has 0 spiro atoms. The number of carbonyl (C=O) groups excluding carboxylic acids is 1. The fraction of sp³-hybridized carbons (Fsp3) is 0.211. The molecule has 2 aromatic carbocycles. The first kappa shape index (κ1) is 15.8. The molecule has 2 atom stereocenters. The van der Waals surface area contributed by atoms with E-state index in [9.17, 15) is 9.59 Å². The van der Waals surface area contributed by atoms with Gasteiger partial charge in [-0.3, -0.25) is 15.0 Å². The molecule has 0 bridgehead atoms. The van der Waals surface area contributed by atoms with Gasteiger partial charge >= 0.3 is 0 Å². The van der Waals surface area contributed by atoms with Crippen LogP contribution in [0.4, 0.5) is 0 Å². The molecule has 3 aromatic rings. The first-order valence-corrected chi connectivity index (χ1v) is 8.57. The summed E-state index contributed by atoms with van der Waals surface area (Å²) in [5.74, 6) is -0.104. The number of hydrogen-bond acceptors (Lipinski definition) is 3. The molecular weight excluding hydrogens is 334 g/mol. The molecule has 1 amide bonds. The Morgan fingerprint density at radius 3 is 2.68 bits per heavy atom. The minimum Gasteiger partial charge on any atom is -0.330 e. The monoisotopic (exact) mass is 351 g/mol. The van der Waals surface area contributed by atoms with E-state index in [1.54, 1.807) is 18.2 Å². The van der Waals surface area contributed by atoms with E-state index in [2.05, 4.69) is 22.5 Å². The van der Waals surface area contributed by atoms with Crippen molar-refractivity contribution in [1.29, 1.82) is 0 Å². The summed E-state index contributed by atoms with van der Waals surface area (Å²) >= 11 is 5.22. The summed E-state index contributed by atoms with van der Waals surface area (Å²) < 4.78 is 1.31. The minimum atomic E-state index is -0.319. The largest absolute Gasteiger partial charge is 0.330 e. The van der Waals surface area contributed by atoms with Gasteiger partial charge in [-0.15, -0.1) is 0 Å². The topological polar surface area (TPSA) is 66.9 Å². The van der Waals surface area contributed by atoms with Crippen molar-refractivity contribution in [2.75, 3.05) is 5.43 Å². The van der Waals surface area contributed by atoms with Gasteiger partial charge < -0.3 is 4.98 Å². The molecule has 1 aliphatic carbocycles. The van der Waals surface area contributed by atoms with Crippen LogP contribution >= 0.6 is 12.2 Å². The number of nitrogens with one attached hydrogen (secondary N) is 2. The standard InChI is InChI=1S/C19H17N3O2S/c1-11-6-8-12(9-7-11)14-10-15(14)17(23)21-22-18(24)13-4-2-3-5-16(13)20-19(22)25/h2-9,14-15H,10H2,1H3,(H,20,25)(H,21,23)/t14-,15+/m1/s1. The number of nitrogens with zero attached hydrogens (tertiary/aromatic N) is 1. The van der Waals surface area contributed by atoms with E-state index < -0.39 is 0 Å². The second-order valence-corrected chi connectivity index (χ2v) is 6.84. The number of rotatable bonds is 3. The van der Waals surface area contributed by atoms with E-state index >= 15 is 0 Å². The molecular formula is C19H17N3O2S. The Hall–Kier alpha value is -2.73. The Morgan fingerprint density at radius 2 is 1.92 bits per heavy atom. The summed E-state index contributed by atoms with van der Waals surface area (Å²) in [7, 11) is 0. The van der Waals surface area contributed by atoms with Crippen LogP contribution in [-0.2, 0) is 4.79 Å². The van der Waals surface area contributed by atoms with E-state index in [1.807, 2.05) is 25.1 Å². The van der Waals surface area contributed by atoms with E-state index in [1.165, 1.54) is 5.56 Å². The Morgan fingerprint density at radius 1 is 1.20 bits per heavy atom. The smallest absolute Gasteiger partial charge is 0.281 e. The maximum atomic E-state index is 12.6. The number of aromatic nitrogens is 2. The number of aromatic amines is 1. The molecule has 4 rings (SSSR count). The van der Waals surface area contributed by atoms with Gasteiger partial charge in [0.05, 0.1) is 10.9 Å². The summed E-state index contributed by atoms with van der Waals surface area (Å²) in [5, 5.41) is 0.488. The Balaban J connectivity index is 1.58. The summed E-state index contributed by atoms with van der Waals surface area (Å²) in [6.07, 6.45) is 0.785. The van der Waals surface area contributed by atoms with Crippen LogP contribution in [0.1, 0.15) is 23.5 Å². The lowest BCUT2D eigenvalue weighted by Gasteiger charge is -2.09. The highest BCUT2D eigenvalue weighted by Crippen LogP contribution is 2.47. The van der Waals surface area contributed by atoms with Gasteiger partial charge in [-0.2, -0.15) is 4.68 Å². The Labute approximate surface area is 149 Å². The fourth-order valence-electron chi connectivity index (χ4n) is 3.12. The average Bonchev–Trinajstić information content (AvgIpc) is 3.40. The zero-order chi connectivity index (χ0) is 17.6. The summed E-state index contributed by atoms with van der Waals surface area (Å²) in [5.41, 5.74) is 5.36. The lowest BCUT2D eigenvalue weighted by atomic mass is 10.1. The Kier molecular flexibility index (Phi) is 3.77. The number of aryl methyl sites for hydroxylation is 1. The number of fused-ring (bicyclic) bond motifs is 1. The molecule has 6 heteroatoms. The maximum absolute atomic E-state index is 12.6. The molecule has 0 saturated heterocycles. The van der Waals surface area contributed by atoms with Crippen LogP contribution in [-0.4, -0.2) is 15.6 Å². The molecule has 5 nitrogen and oxygen atoms in total. The zero-order valence-corrected chi connectivity index (χ0v) is 14.5. The van der Waals surface area contributed by atoms with Crippen molar-refractivity contribution in [3.05, 3.63) is 74.8 Å². The first-order valence-electron chi connectivity index (χ1n) is 8.16. The predicted octanol–water partition coefficient (Wildman–Crippen LogP) is 3.24. The van der Waals surface area contributed by atoms with E-state index in [0.29, 0.717) is 10.9 Å². The van der Waals surface area contributed by atoms with Gasteiger partial charge in [-0.1, -0.05) is 42.0 Å². The van der Waals surface area contributed by atoms with Gasteiger partial charge in [0, 0.05) is 5.92 Å². The lowest BCUT2D eigenvalue weighted by molar-refractivity contribution is -0.118. The van der Waals surface area contributed by atoms with Crippen LogP contribution in [0, 0.1) is 17.6 Å². The normalized spacial score (nSPS) is 18.9. The van der Waals surface area contributed by atoms with E-state index in [-0.39, 0.29) is 28.1 Å².